The first-order valence-electron chi connectivity index (χ1n) is 23.7. The molecule has 332 valence electrons. The van der Waals surface area contributed by atoms with E-state index in [1.54, 1.807) is 6.08 Å². The number of quaternary nitrogens is 1. The number of likely N-dealkylation sites (N-methyl/N-ethyl adjacent to an activating group) is 1. The molecular formula is C47H93N2O6P. The number of amides is 1. The Bertz CT molecular complexity index is 969. The summed E-state index contributed by atoms with van der Waals surface area (Å²) in [6.45, 7) is 4.64. The average Bonchev–Trinajstić information content (AvgIpc) is 3.15. The van der Waals surface area contributed by atoms with Crippen LogP contribution in [0.5, 0.6) is 0 Å². The molecule has 0 aliphatic rings. The molecule has 8 nitrogen and oxygen atoms in total. The number of carbonyl (C=O) groups excluding carboxylic acids is 1. The van der Waals surface area contributed by atoms with E-state index in [2.05, 4.69) is 31.3 Å². The zero-order chi connectivity index (χ0) is 41.4. The van der Waals surface area contributed by atoms with Gasteiger partial charge in [0.15, 0.2) is 0 Å². The first kappa shape index (κ1) is 55.0. The highest BCUT2D eigenvalue weighted by Crippen LogP contribution is 2.38. The predicted octanol–water partition coefficient (Wildman–Crippen LogP) is 12.7. The summed E-state index contributed by atoms with van der Waals surface area (Å²) in [6.07, 6.45) is 46.5. The van der Waals surface area contributed by atoms with Gasteiger partial charge in [-0.15, -0.1) is 0 Å². The number of phosphoric ester groups is 1. The first-order chi connectivity index (χ1) is 27.0. The van der Waals surface area contributed by atoms with E-state index in [-0.39, 0.29) is 19.1 Å². The van der Waals surface area contributed by atoms with Gasteiger partial charge in [0.05, 0.1) is 39.9 Å². The summed E-state index contributed by atoms with van der Waals surface area (Å²) >= 11 is 0. The van der Waals surface area contributed by atoms with Crippen molar-refractivity contribution in [3.05, 3.63) is 24.3 Å². The summed E-state index contributed by atoms with van der Waals surface area (Å²) in [5, 5.41) is 13.8. The van der Waals surface area contributed by atoms with Gasteiger partial charge in [0.25, 0.3) is 7.82 Å². The van der Waals surface area contributed by atoms with Crippen LogP contribution in [0.15, 0.2) is 24.3 Å². The van der Waals surface area contributed by atoms with E-state index in [0.717, 1.165) is 38.5 Å². The molecule has 0 rings (SSSR count). The number of allylic oxidation sites excluding steroid dienone is 3. The van der Waals surface area contributed by atoms with Crippen molar-refractivity contribution in [2.24, 2.45) is 0 Å². The first-order valence-corrected chi connectivity index (χ1v) is 25.2. The summed E-state index contributed by atoms with van der Waals surface area (Å²) in [7, 11) is 1.26. The fourth-order valence-corrected chi connectivity index (χ4v) is 7.58. The molecule has 0 aliphatic carbocycles. The van der Waals surface area contributed by atoms with E-state index in [9.17, 15) is 19.4 Å². The fourth-order valence-electron chi connectivity index (χ4n) is 6.85. The van der Waals surface area contributed by atoms with Gasteiger partial charge in [-0.25, -0.2) is 0 Å². The van der Waals surface area contributed by atoms with Crippen LogP contribution >= 0.6 is 7.82 Å². The van der Waals surface area contributed by atoms with E-state index >= 15 is 0 Å². The van der Waals surface area contributed by atoms with E-state index in [1.807, 2.05) is 27.2 Å². The zero-order valence-electron chi connectivity index (χ0n) is 37.6. The zero-order valence-corrected chi connectivity index (χ0v) is 38.5. The molecule has 0 saturated carbocycles. The lowest BCUT2D eigenvalue weighted by Gasteiger charge is -2.29. The molecule has 0 aromatic heterocycles. The topological polar surface area (TPSA) is 108 Å². The Labute approximate surface area is 347 Å². The third-order valence-corrected chi connectivity index (χ3v) is 11.6. The van der Waals surface area contributed by atoms with Crippen molar-refractivity contribution in [3.8, 4) is 0 Å². The standard InChI is InChI=1S/C47H93N2O6P/c1-6-8-10-12-14-16-18-20-22-23-24-25-27-28-30-32-34-36-38-40-46(50)45(44-55-56(52,53)54-43-42-49(3,4)5)48-47(51)41-39-37-35-33-31-29-26-21-19-17-15-13-11-9-7-2/h17,19,38,40,45-46,50H,6-16,18,20-37,39,41-44H2,1-5H3,(H-,48,51,52,53)/b19-17-,40-38+. The number of aliphatic hydroxyl groups excluding tert-OH is 1. The maximum Gasteiger partial charge on any atom is 0.268 e. The molecule has 0 aromatic carbocycles. The van der Waals surface area contributed by atoms with Crippen molar-refractivity contribution in [3.63, 3.8) is 0 Å². The molecule has 0 heterocycles. The van der Waals surface area contributed by atoms with Crippen LogP contribution in [0.4, 0.5) is 0 Å². The molecule has 0 aliphatic heterocycles. The van der Waals surface area contributed by atoms with E-state index in [1.165, 1.54) is 161 Å². The van der Waals surface area contributed by atoms with Crippen molar-refractivity contribution in [2.75, 3.05) is 40.9 Å². The van der Waals surface area contributed by atoms with Crippen LogP contribution in [0.3, 0.4) is 0 Å². The Kier molecular flexibility index (Phi) is 38.7. The molecule has 56 heavy (non-hydrogen) atoms. The molecule has 0 fully saturated rings. The molecule has 2 N–H and O–H groups in total. The highest BCUT2D eigenvalue weighted by atomic mass is 31.2. The third kappa shape index (κ3) is 41.2. The SMILES string of the molecule is CCCCCC/C=C\CCCCCCCCCC(=O)NC(COP(=O)([O-])OCC[N+](C)(C)C)C(O)/C=C/CCCCCCCCCCCCCCCCCCC. The van der Waals surface area contributed by atoms with Crippen molar-refractivity contribution in [1.29, 1.82) is 0 Å². The molecule has 9 heteroatoms. The molecule has 1 amide bonds. The van der Waals surface area contributed by atoms with E-state index < -0.39 is 20.0 Å². The van der Waals surface area contributed by atoms with Gasteiger partial charge in [0, 0.05) is 6.42 Å². The number of phosphoric acid groups is 1. The van der Waals surface area contributed by atoms with E-state index in [4.69, 9.17) is 9.05 Å². The largest absolute Gasteiger partial charge is 0.756 e. The second kappa shape index (κ2) is 39.4. The van der Waals surface area contributed by atoms with Gasteiger partial charge in [0.1, 0.15) is 13.2 Å². The number of hydrogen-bond donors (Lipinski definition) is 2. The number of nitrogens with zero attached hydrogens (tertiary/aromatic N) is 1. The molecule has 0 spiro atoms. The number of carbonyl (C=O) groups is 1. The molecule has 3 atom stereocenters. The number of nitrogens with one attached hydrogen (secondary N) is 1. The Morgan fingerprint density at radius 2 is 0.982 bits per heavy atom. The quantitative estimate of drug-likeness (QED) is 0.0275. The lowest BCUT2D eigenvalue weighted by Crippen LogP contribution is -2.45. The van der Waals surface area contributed by atoms with Gasteiger partial charge in [-0.05, 0) is 44.9 Å². The fraction of sp³-hybridized carbons (Fsp3) is 0.894. The van der Waals surface area contributed by atoms with Crippen LogP contribution in [-0.4, -0.2) is 68.5 Å². The highest BCUT2D eigenvalue weighted by Gasteiger charge is 2.23. The van der Waals surface area contributed by atoms with Crippen molar-refractivity contribution in [1.82, 2.24) is 5.32 Å². The van der Waals surface area contributed by atoms with Gasteiger partial charge in [-0.2, -0.15) is 0 Å². The van der Waals surface area contributed by atoms with Gasteiger partial charge < -0.3 is 28.8 Å². The summed E-state index contributed by atoms with van der Waals surface area (Å²) in [4.78, 5) is 25.3. The second-order valence-corrected chi connectivity index (χ2v) is 18.9. The molecular weight excluding hydrogens is 719 g/mol. The summed E-state index contributed by atoms with van der Waals surface area (Å²) in [5.41, 5.74) is 0. The molecule has 0 aromatic rings. The molecule has 3 unspecified atom stereocenters. The van der Waals surface area contributed by atoms with Gasteiger partial charge in [-0.3, -0.25) is 9.36 Å². The maximum absolute atomic E-state index is 12.9. The number of aliphatic hydroxyl groups is 1. The average molecular weight is 813 g/mol. The highest BCUT2D eigenvalue weighted by molar-refractivity contribution is 7.45. The van der Waals surface area contributed by atoms with Crippen LogP contribution in [0.1, 0.15) is 219 Å². The lowest BCUT2D eigenvalue weighted by atomic mass is 10.0. The predicted molar refractivity (Wildman–Crippen MR) is 238 cm³/mol. The van der Waals surface area contributed by atoms with Gasteiger partial charge in [0.2, 0.25) is 5.91 Å². The number of unbranched alkanes of at least 4 members (excludes halogenated alkanes) is 28. The van der Waals surface area contributed by atoms with Gasteiger partial charge >= 0.3 is 0 Å². The maximum atomic E-state index is 12.9. The molecule has 0 bridgehead atoms. The van der Waals surface area contributed by atoms with Crippen molar-refractivity contribution < 1.29 is 32.9 Å². The monoisotopic (exact) mass is 813 g/mol. The third-order valence-electron chi connectivity index (χ3n) is 10.7. The Morgan fingerprint density at radius 3 is 1.41 bits per heavy atom. The minimum absolute atomic E-state index is 0.000636. The van der Waals surface area contributed by atoms with Crippen LogP contribution < -0.4 is 10.2 Å². The number of rotatable bonds is 43. The van der Waals surface area contributed by atoms with Crippen LogP contribution in [0.2, 0.25) is 0 Å². The Balaban J connectivity index is 4.37. The van der Waals surface area contributed by atoms with Crippen molar-refractivity contribution >= 4 is 13.7 Å². The minimum Gasteiger partial charge on any atom is -0.756 e. The Hall–Kier alpha value is -1.02. The number of hydrogen-bond acceptors (Lipinski definition) is 6. The second-order valence-electron chi connectivity index (χ2n) is 17.5. The van der Waals surface area contributed by atoms with E-state index in [0.29, 0.717) is 17.4 Å². The summed E-state index contributed by atoms with van der Waals surface area (Å²) in [6, 6.07) is -0.885. The van der Waals surface area contributed by atoms with Crippen LogP contribution in [0.25, 0.3) is 0 Å². The lowest BCUT2D eigenvalue weighted by molar-refractivity contribution is -0.870. The summed E-state index contributed by atoms with van der Waals surface area (Å²) in [5.74, 6) is -0.202. The summed E-state index contributed by atoms with van der Waals surface area (Å²) < 4.78 is 23.2. The van der Waals surface area contributed by atoms with Crippen molar-refractivity contribution in [2.45, 2.75) is 231 Å². The normalized spacial score (nSPS) is 14.5. The smallest absolute Gasteiger partial charge is 0.268 e. The molecule has 0 saturated heterocycles. The van der Waals surface area contributed by atoms with Crippen LogP contribution in [0, 0.1) is 0 Å². The van der Waals surface area contributed by atoms with Crippen LogP contribution in [-0.2, 0) is 18.4 Å². The van der Waals surface area contributed by atoms with Gasteiger partial charge in [-0.1, -0.05) is 192 Å². The molecule has 0 radical (unpaired) electrons. The Morgan fingerprint density at radius 1 is 0.607 bits per heavy atom. The minimum atomic E-state index is -4.59.